The van der Waals surface area contributed by atoms with Gasteiger partial charge in [-0.15, -0.1) is 0 Å². The molecule has 0 bridgehead atoms. The van der Waals surface area contributed by atoms with Crippen molar-refractivity contribution in [1.29, 1.82) is 0 Å². The third-order valence-electron chi connectivity index (χ3n) is 5.82. The van der Waals surface area contributed by atoms with Gasteiger partial charge < -0.3 is 9.29 Å². The van der Waals surface area contributed by atoms with Crippen LogP contribution < -0.4 is 0 Å². The van der Waals surface area contributed by atoms with E-state index in [1.54, 1.807) is 7.11 Å². The monoisotopic (exact) mass is 452 g/mol. The zero-order chi connectivity index (χ0) is 23.4. The molecule has 170 valence electrons. The van der Waals surface area contributed by atoms with Crippen molar-refractivity contribution in [2.75, 3.05) is 7.11 Å². The van der Waals surface area contributed by atoms with Crippen LogP contribution >= 0.6 is 12.0 Å². The van der Waals surface area contributed by atoms with Crippen molar-refractivity contribution in [3.05, 3.63) is 88.2 Å². The van der Waals surface area contributed by atoms with Gasteiger partial charge in [-0.25, -0.2) is 4.39 Å². The molecule has 1 N–H and O–H groups in total. The molecule has 0 aliphatic carbocycles. The molecule has 32 heavy (non-hydrogen) atoms. The van der Waals surface area contributed by atoms with E-state index in [1.165, 1.54) is 40.9 Å². The van der Waals surface area contributed by atoms with Crippen LogP contribution in [0.2, 0.25) is 0 Å². The van der Waals surface area contributed by atoms with Crippen molar-refractivity contribution >= 4 is 12.0 Å². The molecule has 0 fully saturated rings. The number of aliphatic hydroxyl groups excluding tert-OH is 1. The smallest absolute Gasteiger partial charge is 0.123 e. The first-order chi connectivity index (χ1) is 15.2. The molecule has 3 aromatic rings. The first kappa shape index (κ1) is 24.5. The van der Waals surface area contributed by atoms with Crippen LogP contribution in [0.3, 0.4) is 0 Å². The van der Waals surface area contributed by atoms with Gasteiger partial charge in [0, 0.05) is 16.9 Å². The average Bonchev–Trinajstić information content (AvgIpc) is 2.75. The molecule has 0 heterocycles. The number of aliphatic hydroxyl groups is 1. The molecule has 0 saturated carbocycles. The maximum Gasteiger partial charge on any atom is 0.123 e. The summed E-state index contributed by atoms with van der Waals surface area (Å²) in [6.07, 6.45) is 0.101. The van der Waals surface area contributed by atoms with E-state index < -0.39 is 6.10 Å². The maximum atomic E-state index is 13.8. The second kappa shape index (κ2) is 10.7. The molecule has 3 aromatic carbocycles. The lowest BCUT2D eigenvalue weighted by Crippen LogP contribution is -2.11. The second-order valence-corrected chi connectivity index (χ2v) is 9.86. The number of rotatable bonds is 8. The van der Waals surface area contributed by atoms with Gasteiger partial charge in [0.2, 0.25) is 0 Å². The van der Waals surface area contributed by atoms with Gasteiger partial charge in [-0.2, -0.15) is 0 Å². The second-order valence-electron chi connectivity index (χ2n) is 8.89. The minimum atomic E-state index is -0.632. The largest absolute Gasteiger partial charge is 0.389 e. The Morgan fingerprint density at radius 1 is 0.875 bits per heavy atom. The van der Waals surface area contributed by atoms with E-state index in [-0.39, 0.29) is 11.7 Å². The van der Waals surface area contributed by atoms with Crippen molar-refractivity contribution < 1.29 is 13.7 Å². The fourth-order valence-corrected chi connectivity index (χ4v) is 4.77. The van der Waals surface area contributed by atoms with Gasteiger partial charge in [-0.05, 0) is 88.4 Å². The van der Waals surface area contributed by atoms with E-state index in [0.29, 0.717) is 5.92 Å². The molecule has 0 saturated heterocycles. The van der Waals surface area contributed by atoms with Crippen LogP contribution in [0.15, 0.2) is 59.5 Å². The lowest BCUT2D eigenvalue weighted by molar-refractivity contribution is 0.198. The highest BCUT2D eigenvalue weighted by Crippen LogP contribution is 2.42. The number of halogens is 1. The lowest BCUT2D eigenvalue weighted by atomic mass is 9.78. The Morgan fingerprint density at radius 3 is 1.97 bits per heavy atom. The predicted octanol–water partition coefficient (Wildman–Crippen LogP) is 8.04. The fraction of sp³-hybridized carbons (Fsp3) is 0.357. The summed E-state index contributed by atoms with van der Waals surface area (Å²) in [6, 6.07) is 17.3. The topological polar surface area (TPSA) is 29.5 Å². The average molecular weight is 453 g/mol. The van der Waals surface area contributed by atoms with Crippen LogP contribution in [-0.4, -0.2) is 12.2 Å². The molecular weight excluding hydrogens is 419 g/mol. The molecular formula is C28H33FO2S. The molecule has 0 aromatic heterocycles. The summed E-state index contributed by atoms with van der Waals surface area (Å²) in [5.41, 5.74) is 7.71. The molecule has 3 rings (SSSR count). The van der Waals surface area contributed by atoms with Gasteiger partial charge in [0.25, 0.3) is 0 Å². The Kier molecular flexibility index (Phi) is 8.16. The van der Waals surface area contributed by atoms with Gasteiger partial charge in [0.05, 0.1) is 13.2 Å². The lowest BCUT2D eigenvalue weighted by Gasteiger charge is -2.27. The molecule has 0 aliphatic heterocycles. The zero-order valence-corrected chi connectivity index (χ0v) is 20.6. The van der Waals surface area contributed by atoms with Gasteiger partial charge in [0.1, 0.15) is 5.82 Å². The van der Waals surface area contributed by atoms with E-state index >= 15 is 0 Å². The molecule has 0 spiro atoms. The van der Waals surface area contributed by atoms with Crippen molar-refractivity contribution in [2.24, 2.45) is 0 Å². The van der Waals surface area contributed by atoms with Crippen LogP contribution in [0.4, 0.5) is 4.39 Å². The van der Waals surface area contributed by atoms with Crippen LogP contribution in [0, 0.1) is 5.82 Å². The van der Waals surface area contributed by atoms with Crippen LogP contribution in [0.1, 0.15) is 80.4 Å². The SMILES string of the molecule is COSc1ccc(Cc2c(C(C)C)cc(C(C)C)c(C(C)O)c2-c2ccc(F)cc2)cc1. The van der Waals surface area contributed by atoms with E-state index in [2.05, 4.69) is 58.0 Å². The molecule has 0 radical (unpaired) electrons. The minimum absolute atomic E-state index is 0.260. The maximum absolute atomic E-state index is 13.8. The highest BCUT2D eigenvalue weighted by Gasteiger charge is 2.24. The van der Waals surface area contributed by atoms with E-state index in [0.717, 1.165) is 33.6 Å². The first-order valence-electron chi connectivity index (χ1n) is 11.2. The molecule has 1 atom stereocenters. The summed E-state index contributed by atoms with van der Waals surface area (Å²) in [7, 11) is 1.66. The zero-order valence-electron chi connectivity index (χ0n) is 19.8. The Labute approximate surface area is 196 Å². The Morgan fingerprint density at radius 2 is 1.47 bits per heavy atom. The van der Waals surface area contributed by atoms with Crippen molar-refractivity contribution in [3.8, 4) is 11.1 Å². The summed E-state index contributed by atoms with van der Waals surface area (Å²) in [5.74, 6) is 0.313. The van der Waals surface area contributed by atoms with Gasteiger partial charge >= 0.3 is 0 Å². The van der Waals surface area contributed by atoms with E-state index in [9.17, 15) is 9.50 Å². The van der Waals surface area contributed by atoms with Crippen molar-refractivity contribution in [3.63, 3.8) is 0 Å². The summed E-state index contributed by atoms with van der Waals surface area (Å²) < 4.78 is 18.9. The number of hydrogen-bond donors (Lipinski definition) is 1. The molecule has 1 unspecified atom stereocenters. The van der Waals surface area contributed by atoms with E-state index in [4.69, 9.17) is 4.18 Å². The summed E-state index contributed by atoms with van der Waals surface area (Å²) >= 11 is 1.34. The minimum Gasteiger partial charge on any atom is -0.389 e. The summed E-state index contributed by atoms with van der Waals surface area (Å²) in [6.45, 7) is 10.6. The van der Waals surface area contributed by atoms with E-state index in [1.807, 2.05) is 19.1 Å². The quantitative estimate of drug-likeness (QED) is 0.351. The third kappa shape index (κ3) is 5.43. The van der Waals surface area contributed by atoms with Crippen LogP contribution in [0.5, 0.6) is 0 Å². The predicted molar refractivity (Wildman–Crippen MR) is 133 cm³/mol. The molecule has 0 aliphatic rings. The molecule has 4 heteroatoms. The number of hydrogen-bond acceptors (Lipinski definition) is 3. The normalized spacial score (nSPS) is 12.6. The van der Waals surface area contributed by atoms with Crippen LogP contribution in [0.25, 0.3) is 11.1 Å². The Hall–Kier alpha value is -2.14. The highest BCUT2D eigenvalue weighted by atomic mass is 32.2. The molecule has 2 nitrogen and oxygen atoms in total. The molecule has 0 amide bonds. The van der Waals surface area contributed by atoms with Crippen LogP contribution in [-0.2, 0) is 10.6 Å². The highest BCUT2D eigenvalue weighted by molar-refractivity contribution is 7.94. The standard InChI is InChI=1S/C28H33FO2S/c1-17(2)24-16-25(18(3)4)27(19(5)30)28(21-9-11-22(29)12-10-21)26(24)15-20-7-13-23(14-8-20)32-31-6/h7-14,16-19,30H,15H2,1-6H3. The third-order valence-corrected chi connectivity index (χ3v) is 6.45. The van der Waals surface area contributed by atoms with Crippen molar-refractivity contribution in [2.45, 2.75) is 63.9 Å². The Balaban J connectivity index is 2.29. The number of benzene rings is 3. The first-order valence-corrected chi connectivity index (χ1v) is 11.9. The summed E-state index contributed by atoms with van der Waals surface area (Å²) in [5, 5.41) is 10.9. The summed E-state index contributed by atoms with van der Waals surface area (Å²) in [4.78, 5) is 1.05. The van der Waals surface area contributed by atoms with Crippen molar-refractivity contribution in [1.82, 2.24) is 0 Å². The van der Waals surface area contributed by atoms with Gasteiger partial charge in [0.15, 0.2) is 0 Å². The Bertz CT molecular complexity index is 1040. The van der Waals surface area contributed by atoms with Gasteiger partial charge in [-0.1, -0.05) is 58.0 Å². The fourth-order valence-electron chi connectivity index (χ4n) is 4.33. The van der Waals surface area contributed by atoms with Gasteiger partial charge in [-0.3, -0.25) is 0 Å².